The number of nitrogens with zero attached hydrogens (tertiary/aromatic N) is 1. The maximum absolute atomic E-state index is 12.2. The number of nitrogens with one attached hydrogen (secondary N) is 1. The molecule has 4 nitrogen and oxygen atoms in total. The van der Waals surface area contributed by atoms with Crippen molar-refractivity contribution in [2.45, 2.75) is 25.3 Å². The van der Waals surface area contributed by atoms with E-state index >= 15 is 0 Å². The summed E-state index contributed by atoms with van der Waals surface area (Å²) in [6.07, 6.45) is 3.85. The Balaban J connectivity index is 1.54. The van der Waals surface area contributed by atoms with E-state index in [1.54, 1.807) is 18.2 Å². The highest BCUT2D eigenvalue weighted by Gasteiger charge is 2.34. The summed E-state index contributed by atoms with van der Waals surface area (Å²) in [5.74, 6) is 0.376. The van der Waals surface area contributed by atoms with Crippen LogP contribution in [0.4, 0.5) is 5.69 Å². The zero-order chi connectivity index (χ0) is 14.1. The van der Waals surface area contributed by atoms with Crippen molar-refractivity contribution in [3.63, 3.8) is 0 Å². The third kappa shape index (κ3) is 2.91. The summed E-state index contributed by atoms with van der Waals surface area (Å²) in [5, 5.41) is 3.38. The second-order valence-electron chi connectivity index (χ2n) is 5.79. The third-order valence-electron chi connectivity index (χ3n) is 4.20. The predicted octanol–water partition coefficient (Wildman–Crippen LogP) is 2.14. The second kappa shape index (κ2) is 5.62. The molecule has 1 aromatic carbocycles. The molecule has 2 fully saturated rings. The molecule has 0 aromatic heterocycles. The molecule has 1 aliphatic carbocycles. The molecule has 1 aromatic rings. The van der Waals surface area contributed by atoms with Gasteiger partial charge in [-0.25, -0.2) is 0 Å². The first kappa shape index (κ1) is 13.7. The molecule has 3 rings (SSSR count). The molecule has 108 valence electrons. The molecule has 0 radical (unpaired) electrons. The molecule has 1 saturated heterocycles. The maximum Gasteiger partial charge on any atom is 0.254 e. The van der Waals surface area contributed by atoms with Crippen molar-refractivity contribution in [1.82, 2.24) is 10.2 Å². The van der Waals surface area contributed by atoms with E-state index in [1.165, 1.54) is 19.4 Å². The summed E-state index contributed by atoms with van der Waals surface area (Å²) in [6.45, 7) is 2.97. The summed E-state index contributed by atoms with van der Waals surface area (Å²) in [4.78, 5) is 14.7. The summed E-state index contributed by atoms with van der Waals surface area (Å²) in [5.41, 5.74) is 6.65. The van der Waals surface area contributed by atoms with Crippen LogP contribution in [0, 0.1) is 5.92 Å². The average Bonchev–Trinajstić information content (AvgIpc) is 3.16. The van der Waals surface area contributed by atoms with Crippen LogP contribution in [0.3, 0.4) is 0 Å². The molecular formula is C15H20ClN3O. The van der Waals surface area contributed by atoms with Crippen LogP contribution < -0.4 is 11.1 Å². The fourth-order valence-corrected chi connectivity index (χ4v) is 3.17. The Kier molecular flexibility index (Phi) is 3.85. The Bertz CT molecular complexity index is 496. The zero-order valence-electron chi connectivity index (χ0n) is 11.4. The molecule has 1 heterocycles. The van der Waals surface area contributed by atoms with E-state index in [1.807, 2.05) is 0 Å². The van der Waals surface area contributed by atoms with Gasteiger partial charge in [0.05, 0.1) is 10.6 Å². The number of carbonyl (C=O) groups is 1. The first-order valence-electron chi connectivity index (χ1n) is 7.21. The number of benzene rings is 1. The molecule has 1 aliphatic heterocycles. The Morgan fingerprint density at radius 1 is 1.40 bits per heavy atom. The monoisotopic (exact) mass is 293 g/mol. The number of nitrogens with two attached hydrogens (primary N) is 1. The van der Waals surface area contributed by atoms with Crippen LogP contribution in [0.5, 0.6) is 0 Å². The largest absolute Gasteiger partial charge is 0.398 e. The minimum absolute atomic E-state index is 0.169. The van der Waals surface area contributed by atoms with E-state index in [0.29, 0.717) is 28.7 Å². The van der Waals surface area contributed by atoms with Crippen molar-refractivity contribution in [1.29, 1.82) is 0 Å². The number of hydrogen-bond donors (Lipinski definition) is 2. The Hall–Kier alpha value is -1.26. The molecule has 1 amide bonds. The molecule has 5 heteroatoms. The summed E-state index contributed by atoms with van der Waals surface area (Å²) < 4.78 is 0. The first-order valence-corrected chi connectivity index (χ1v) is 7.59. The Morgan fingerprint density at radius 2 is 2.20 bits per heavy atom. The van der Waals surface area contributed by atoms with E-state index < -0.39 is 0 Å². The van der Waals surface area contributed by atoms with Crippen LogP contribution in [0.15, 0.2) is 18.2 Å². The van der Waals surface area contributed by atoms with Gasteiger partial charge in [-0.1, -0.05) is 17.7 Å². The number of rotatable bonds is 4. The number of carbonyl (C=O) groups excluding carboxylic acids is 1. The lowest BCUT2D eigenvalue weighted by atomic mass is 10.1. The van der Waals surface area contributed by atoms with Crippen molar-refractivity contribution in [3.8, 4) is 0 Å². The quantitative estimate of drug-likeness (QED) is 0.836. The summed E-state index contributed by atoms with van der Waals surface area (Å²) >= 11 is 6.04. The van der Waals surface area contributed by atoms with Crippen molar-refractivity contribution in [2.75, 3.05) is 25.4 Å². The summed E-state index contributed by atoms with van der Waals surface area (Å²) in [7, 11) is 0. The number of anilines is 1. The van der Waals surface area contributed by atoms with Gasteiger partial charge in [-0.15, -0.1) is 0 Å². The molecule has 1 atom stereocenters. The van der Waals surface area contributed by atoms with Crippen molar-refractivity contribution in [3.05, 3.63) is 28.8 Å². The maximum atomic E-state index is 12.2. The molecule has 0 spiro atoms. The molecule has 20 heavy (non-hydrogen) atoms. The SMILES string of the molecule is Nc1cccc(Cl)c1C(=O)NCC1CCN(C2CC2)C1. The van der Waals surface area contributed by atoms with Crippen LogP contribution in [0.2, 0.25) is 5.02 Å². The number of nitrogen functional groups attached to an aromatic ring is 1. The van der Waals surface area contributed by atoms with Crippen molar-refractivity contribution >= 4 is 23.2 Å². The minimum atomic E-state index is -0.169. The average molecular weight is 294 g/mol. The van der Waals surface area contributed by atoms with E-state index in [-0.39, 0.29) is 5.91 Å². The smallest absolute Gasteiger partial charge is 0.254 e. The molecule has 1 unspecified atom stereocenters. The van der Waals surface area contributed by atoms with E-state index in [0.717, 1.165) is 19.0 Å². The molecule has 3 N–H and O–H groups in total. The van der Waals surface area contributed by atoms with E-state index in [4.69, 9.17) is 17.3 Å². The number of halogens is 1. The van der Waals surface area contributed by atoms with E-state index in [2.05, 4.69) is 10.2 Å². The van der Waals surface area contributed by atoms with Gasteiger partial charge in [0.2, 0.25) is 0 Å². The van der Waals surface area contributed by atoms with Crippen LogP contribution in [0.25, 0.3) is 0 Å². The van der Waals surface area contributed by atoms with Gasteiger partial charge in [0.25, 0.3) is 5.91 Å². The van der Waals surface area contributed by atoms with Crippen molar-refractivity contribution in [2.24, 2.45) is 5.92 Å². The lowest BCUT2D eigenvalue weighted by Gasteiger charge is -2.15. The van der Waals surface area contributed by atoms with Gasteiger partial charge in [0.1, 0.15) is 0 Å². The van der Waals surface area contributed by atoms with Gasteiger partial charge in [0, 0.05) is 24.8 Å². The van der Waals surface area contributed by atoms with Gasteiger partial charge in [-0.2, -0.15) is 0 Å². The highest BCUT2D eigenvalue weighted by molar-refractivity contribution is 6.34. The Morgan fingerprint density at radius 3 is 2.90 bits per heavy atom. The number of hydrogen-bond acceptors (Lipinski definition) is 3. The molecule has 0 bridgehead atoms. The van der Waals surface area contributed by atoms with Crippen LogP contribution in [0.1, 0.15) is 29.6 Å². The fraction of sp³-hybridized carbons (Fsp3) is 0.533. The van der Waals surface area contributed by atoms with Gasteiger partial charge in [-0.3, -0.25) is 4.79 Å². The second-order valence-corrected chi connectivity index (χ2v) is 6.20. The lowest BCUT2D eigenvalue weighted by molar-refractivity contribution is 0.0948. The van der Waals surface area contributed by atoms with Gasteiger partial charge in [0.15, 0.2) is 0 Å². The van der Waals surface area contributed by atoms with Crippen LogP contribution in [-0.4, -0.2) is 36.5 Å². The number of amides is 1. The van der Waals surface area contributed by atoms with Gasteiger partial charge < -0.3 is 16.0 Å². The molecule has 2 aliphatic rings. The van der Waals surface area contributed by atoms with Gasteiger partial charge in [-0.05, 0) is 43.9 Å². The topological polar surface area (TPSA) is 58.4 Å². The summed E-state index contributed by atoms with van der Waals surface area (Å²) in [6, 6.07) is 5.95. The third-order valence-corrected chi connectivity index (χ3v) is 4.52. The first-order chi connectivity index (χ1) is 9.65. The van der Waals surface area contributed by atoms with Crippen LogP contribution in [-0.2, 0) is 0 Å². The highest BCUT2D eigenvalue weighted by atomic mass is 35.5. The molecule has 1 saturated carbocycles. The van der Waals surface area contributed by atoms with E-state index in [9.17, 15) is 4.79 Å². The normalized spacial score (nSPS) is 22.9. The fourth-order valence-electron chi connectivity index (χ4n) is 2.91. The molecular weight excluding hydrogens is 274 g/mol. The van der Waals surface area contributed by atoms with Crippen LogP contribution >= 0.6 is 11.6 Å². The lowest BCUT2D eigenvalue weighted by Crippen LogP contribution is -2.32. The van der Waals surface area contributed by atoms with Crippen molar-refractivity contribution < 1.29 is 4.79 Å². The van der Waals surface area contributed by atoms with Gasteiger partial charge >= 0.3 is 0 Å². The predicted molar refractivity (Wildman–Crippen MR) is 80.9 cm³/mol. The minimum Gasteiger partial charge on any atom is -0.398 e. The zero-order valence-corrected chi connectivity index (χ0v) is 12.2. The standard InChI is InChI=1S/C15H20ClN3O/c16-12-2-1-3-13(17)14(12)15(20)18-8-10-6-7-19(9-10)11-4-5-11/h1-3,10-11H,4-9,17H2,(H,18,20). The Labute approximate surface area is 124 Å². The highest BCUT2D eigenvalue weighted by Crippen LogP contribution is 2.31. The number of likely N-dealkylation sites (tertiary alicyclic amines) is 1.